The van der Waals surface area contributed by atoms with Gasteiger partial charge in [0.1, 0.15) is 5.82 Å². The van der Waals surface area contributed by atoms with Crippen LogP contribution in [0.15, 0.2) is 35.1 Å². The number of para-hydroxylation sites is 1. The van der Waals surface area contributed by atoms with Gasteiger partial charge in [-0.2, -0.15) is 5.10 Å². The van der Waals surface area contributed by atoms with Crippen molar-refractivity contribution in [1.29, 1.82) is 0 Å². The van der Waals surface area contributed by atoms with Crippen molar-refractivity contribution in [2.75, 3.05) is 26.7 Å². The Balaban J connectivity index is 1.64. The number of hydrogen-bond acceptors (Lipinski definition) is 4. The minimum atomic E-state index is 0.00498. The van der Waals surface area contributed by atoms with Crippen LogP contribution in [0.25, 0.3) is 5.69 Å². The highest BCUT2D eigenvalue weighted by atomic mass is 16.2. The first kappa shape index (κ1) is 17.5. The average Bonchev–Trinajstić information content (AvgIpc) is 3.24. The van der Waals surface area contributed by atoms with Gasteiger partial charge >= 0.3 is 5.69 Å². The molecule has 0 aliphatic carbocycles. The van der Waals surface area contributed by atoms with E-state index in [1.54, 1.807) is 4.68 Å². The molecule has 6 nitrogen and oxygen atoms in total. The van der Waals surface area contributed by atoms with Crippen molar-refractivity contribution >= 4 is 0 Å². The van der Waals surface area contributed by atoms with Gasteiger partial charge in [0.05, 0.1) is 5.69 Å². The van der Waals surface area contributed by atoms with Gasteiger partial charge < -0.3 is 10.2 Å². The number of benzene rings is 1. The van der Waals surface area contributed by atoms with Gasteiger partial charge in [0.25, 0.3) is 0 Å². The summed E-state index contributed by atoms with van der Waals surface area (Å²) in [5.41, 5.74) is 0.931. The molecule has 1 atom stereocenters. The van der Waals surface area contributed by atoms with Crippen molar-refractivity contribution in [2.45, 2.75) is 50.6 Å². The van der Waals surface area contributed by atoms with Crippen LogP contribution in [-0.2, 0) is 6.54 Å². The van der Waals surface area contributed by atoms with Crippen LogP contribution < -0.4 is 11.0 Å². The van der Waals surface area contributed by atoms with E-state index in [4.69, 9.17) is 5.10 Å². The second-order valence-electron chi connectivity index (χ2n) is 7.62. The maximum absolute atomic E-state index is 13.2. The molecule has 2 aromatic rings. The van der Waals surface area contributed by atoms with Crippen LogP contribution in [0.5, 0.6) is 0 Å². The molecule has 2 saturated heterocycles. The molecule has 26 heavy (non-hydrogen) atoms. The zero-order valence-electron chi connectivity index (χ0n) is 15.6. The van der Waals surface area contributed by atoms with Crippen LogP contribution >= 0.6 is 0 Å². The molecule has 0 saturated carbocycles. The fourth-order valence-corrected chi connectivity index (χ4v) is 4.35. The zero-order valence-corrected chi connectivity index (χ0v) is 15.6. The predicted molar refractivity (Wildman–Crippen MR) is 103 cm³/mol. The SMILES string of the molecule is CN1CCC[C@H]1CCn1nc(C2CCNCC2)n(-c2ccccc2)c1=O. The first-order valence-corrected chi connectivity index (χ1v) is 9.90. The van der Waals surface area contributed by atoms with Crippen LogP contribution in [0.3, 0.4) is 0 Å². The Morgan fingerprint density at radius 3 is 2.62 bits per heavy atom. The van der Waals surface area contributed by atoms with Crippen molar-refractivity contribution < 1.29 is 0 Å². The number of aryl methyl sites for hydroxylation is 1. The molecule has 0 spiro atoms. The second kappa shape index (κ2) is 7.76. The molecule has 0 radical (unpaired) electrons. The molecule has 140 valence electrons. The third-order valence-electron chi connectivity index (χ3n) is 5.93. The minimum Gasteiger partial charge on any atom is -0.317 e. The van der Waals surface area contributed by atoms with E-state index in [-0.39, 0.29) is 5.69 Å². The fraction of sp³-hybridized carbons (Fsp3) is 0.600. The third kappa shape index (κ3) is 3.48. The van der Waals surface area contributed by atoms with Gasteiger partial charge in [-0.3, -0.25) is 0 Å². The van der Waals surface area contributed by atoms with Gasteiger partial charge in [-0.15, -0.1) is 0 Å². The average molecular weight is 355 g/mol. The van der Waals surface area contributed by atoms with E-state index < -0.39 is 0 Å². The lowest BCUT2D eigenvalue weighted by atomic mass is 9.97. The molecule has 0 bridgehead atoms. The van der Waals surface area contributed by atoms with Crippen LogP contribution in [0.1, 0.15) is 43.8 Å². The van der Waals surface area contributed by atoms with Gasteiger partial charge in [0, 0.05) is 18.5 Å². The van der Waals surface area contributed by atoms with Crippen LogP contribution in [0.2, 0.25) is 0 Å². The van der Waals surface area contributed by atoms with Crippen LogP contribution in [0, 0.1) is 0 Å². The van der Waals surface area contributed by atoms with Crippen molar-refractivity contribution in [2.24, 2.45) is 0 Å². The van der Waals surface area contributed by atoms with Crippen LogP contribution in [-0.4, -0.2) is 52.0 Å². The third-order valence-corrected chi connectivity index (χ3v) is 5.93. The molecule has 4 rings (SSSR count). The molecule has 1 aromatic heterocycles. The molecule has 2 aliphatic heterocycles. The predicted octanol–water partition coefficient (Wildman–Crippen LogP) is 1.99. The zero-order chi connectivity index (χ0) is 17.9. The molecular formula is C20H29N5O. The molecule has 0 unspecified atom stereocenters. The number of piperidine rings is 1. The number of hydrogen-bond donors (Lipinski definition) is 1. The summed E-state index contributed by atoms with van der Waals surface area (Å²) in [7, 11) is 2.18. The van der Waals surface area contributed by atoms with E-state index in [1.165, 1.54) is 19.4 Å². The Kier molecular flexibility index (Phi) is 5.22. The summed E-state index contributed by atoms with van der Waals surface area (Å²) in [5.74, 6) is 1.28. The maximum atomic E-state index is 13.2. The molecule has 3 heterocycles. The molecule has 0 amide bonds. The first-order chi connectivity index (χ1) is 12.7. The molecule has 2 fully saturated rings. The van der Waals surface area contributed by atoms with E-state index in [9.17, 15) is 4.79 Å². The Morgan fingerprint density at radius 2 is 1.92 bits per heavy atom. The Hall–Kier alpha value is -1.92. The lowest BCUT2D eigenvalue weighted by Gasteiger charge is -2.22. The topological polar surface area (TPSA) is 55.1 Å². The second-order valence-corrected chi connectivity index (χ2v) is 7.62. The van der Waals surface area contributed by atoms with Crippen molar-refractivity contribution in [3.8, 4) is 5.69 Å². The highest BCUT2D eigenvalue weighted by Gasteiger charge is 2.26. The summed E-state index contributed by atoms with van der Waals surface area (Å²) in [6.45, 7) is 3.85. The number of nitrogens with zero attached hydrogens (tertiary/aromatic N) is 4. The van der Waals surface area contributed by atoms with E-state index >= 15 is 0 Å². The van der Waals surface area contributed by atoms with Crippen molar-refractivity contribution in [3.05, 3.63) is 46.6 Å². The quantitative estimate of drug-likeness (QED) is 0.891. The Morgan fingerprint density at radius 1 is 1.15 bits per heavy atom. The molecule has 1 N–H and O–H groups in total. The van der Waals surface area contributed by atoms with Gasteiger partial charge in [-0.25, -0.2) is 14.0 Å². The summed E-state index contributed by atoms with van der Waals surface area (Å²) in [6.07, 6.45) is 5.55. The standard InChI is InChI=1S/C20H29N5O/c1-23-14-5-8-17(23)11-15-24-20(26)25(18-6-3-2-4-7-18)19(22-24)16-9-12-21-13-10-16/h2-4,6-7,16-17,21H,5,8-15H2,1H3/t17-/m0/s1. The number of rotatable bonds is 5. The molecule has 1 aromatic carbocycles. The summed E-state index contributed by atoms with van der Waals surface area (Å²) in [4.78, 5) is 15.6. The summed E-state index contributed by atoms with van der Waals surface area (Å²) < 4.78 is 3.55. The van der Waals surface area contributed by atoms with E-state index in [2.05, 4.69) is 17.3 Å². The van der Waals surface area contributed by atoms with Crippen molar-refractivity contribution in [1.82, 2.24) is 24.6 Å². The number of aromatic nitrogens is 3. The van der Waals surface area contributed by atoms with Gasteiger partial charge in [0.2, 0.25) is 0 Å². The monoisotopic (exact) mass is 355 g/mol. The summed E-state index contributed by atoms with van der Waals surface area (Å²) >= 11 is 0. The van der Waals surface area contributed by atoms with E-state index in [0.717, 1.165) is 43.9 Å². The highest BCUT2D eigenvalue weighted by Crippen LogP contribution is 2.25. The fourth-order valence-electron chi connectivity index (χ4n) is 4.35. The summed E-state index contributed by atoms with van der Waals surface area (Å²) in [5, 5.41) is 8.22. The van der Waals surface area contributed by atoms with Crippen LogP contribution in [0.4, 0.5) is 0 Å². The van der Waals surface area contributed by atoms with Gasteiger partial charge in [-0.05, 0) is 70.9 Å². The largest absolute Gasteiger partial charge is 0.350 e. The molecule has 6 heteroatoms. The number of nitrogens with one attached hydrogen (secondary N) is 1. The maximum Gasteiger partial charge on any atom is 0.350 e. The van der Waals surface area contributed by atoms with E-state index in [0.29, 0.717) is 18.5 Å². The van der Waals surface area contributed by atoms with E-state index in [1.807, 2.05) is 34.9 Å². The molecule has 2 aliphatic rings. The Labute approximate surface area is 154 Å². The smallest absolute Gasteiger partial charge is 0.317 e. The lowest BCUT2D eigenvalue weighted by molar-refractivity contribution is 0.281. The first-order valence-electron chi connectivity index (χ1n) is 9.90. The minimum absolute atomic E-state index is 0.00498. The lowest BCUT2D eigenvalue weighted by Crippen LogP contribution is -2.30. The molecular weight excluding hydrogens is 326 g/mol. The van der Waals surface area contributed by atoms with Gasteiger partial charge in [0.15, 0.2) is 0 Å². The summed E-state index contributed by atoms with van der Waals surface area (Å²) in [6, 6.07) is 10.5. The van der Waals surface area contributed by atoms with Crippen molar-refractivity contribution in [3.63, 3.8) is 0 Å². The Bertz CT molecular complexity index is 775. The highest BCUT2D eigenvalue weighted by molar-refractivity contribution is 5.33. The normalized spacial score (nSPS) is 22.1. The number of likely N-dealkylation sites (tertiary alicyclic amines) is 1. The van der Waals surface area contributed by atoms with Gasteiger partial charge in [-0.1, -0.05) is 18.2 Å².